The van der Waals surface area contributed by atoms with Gasteiger partial charge in [-0.25, -0.2) is 4.39 Å². The highest BCUT2D eigenvalue weighted by molar-refractivity contribution is 5.89. The van der Waals surface area contributed by atoms with Gasteiger partial charge in [-0.2, -0.15) is 0 Å². The Morgan fingerprint density at radius 3 is 2.39 bits per heavy atom. The molecule has 0 atom stereocenters. The largest absolute Gasteiger partial charge is 0.489 e. The summed E-state index contributed by atoms with van der Waals surface area (Å²) in [5.41, 5.74) is 6.37. The number of rotatable bonds is 7. The number of hydrogen-bond acceptors (Lipinski definition) is 3. The van der Waals surface area contributed by atoms with Crippen LogP contribution in [0.25, 0.3) is 16.6 Å². The van der Waals surface area contributed by atoms with Crippen molar-refractivity contribution in [3.63, 3.8) is 0 Å². The molecule has 4 aromatic rings. The molecule has 198 valence electrons. The molecule has 0 bridgehead atoms. The molecule has 0 N–H and O–H groups in total. The van der Waals surface area contributed by atoms with Gasteiger partial charge < -0.3 is 14.0 Å². The number of esters is 1. The van der Waals surface area contributed by atoms with E-state index in [2.05, 4.69) is 42.7 Å². The Kier molecular flexibility index (Phi) is 7.55. The molecule has 1 saturated carbocycles. The van der Waals surface area contributed by atoms with E-state index in [-0.39, 0.29) is 23.6 Å². The van der Waals surface area contributed by atoms with E-state index in [9.17, 15) is 9.18 Å². The van der Waals surface area contributed by atoms with Crippen LogP contribution in [0.2, 0.25) is 0 Å². The summed E-state index contributed by atoms with van der Waals surface area (Å²) in [5, 5.41) is 1.17. The number of aromatic nitrogens is 1. The lowest BCUT2D eigenvalue weighted by molar-refractivity contribution is -0.146. The SMILES string of the molecule is COC(=O)C1CCC(c2c(C(C)C)n(-c3ccc(F)c(C)c3)c3ccc(OCc4ccccc4)cc23)CC1. The highest BCUT2D eigenvalue weighted by Gasteiger charge is 2.32. The van der Waals surface area contributed by atoms with Gasteiger partial charge in [0.05, 0.1) is 18.5 Å². The summed E-state index contributed by atoms with van der Waals surface area (Å²) in [6, 6.07) is 21.8. The summed E-state index contributed by atoms with van der Waals surface area (Å²) in [6.45, 7) is 6.75. The van der Waals surface area contributed by atoms with Crippen molar-refractivity contribution in [1.82, 2.24) is 4.57 Å². The van der Waals surface area contributed by atoms with Crippen molar-refractivity contribution in [2.75, 3.05) is 7.11 Å². The maximum absolute atomic E-state index is 14.2. The first-order valence-corrected chi connectivity index (χ1v) is 13.6. The van der Waals surface area contributed by atoms with Crippen LogP contribution in [-0.4, -0.2) is 17.6 Å². The standard InChI is InChI=1S/C33H36FNO3/c1-21(2)32-31(24-10-12-25(13-11-24)33(36)37-4)28-19-27(38-20-23-8-6-5-7-9-23)15-17-30(28)35(32)26-14-16-29(34)22(3)18-26/h5-9,14-19,21,24-25H,10-13,20H2,1-4H3. The molecule has 0 saturated heterocycles. The number of carbonyl (C=O) groups excluding carboxylic acids is 1. The van der Waals surface area contributed by atoms with E-state index in [0.717, 1.165) is 48.2 Å². The Labute approximate surface area is 224 Å². The van der Waals surface area contributed by atoms with Crippen LogP contribution in [0.5, 0.6) is 5.75 Å². The summed E-state index contributed by atoms with van der Waals surface area (Å²) in [6.07, 6.45) is 3.50. The number of carbonyl (C=O) groups is 1. The molecule has 0 aliphatic heterocycles. The van der Waals surface area contributed by atoms with E-state index in [1.807, 2.05) is 43.3 Å². The molecular weight excluding hydrogens is 477 g/mol. The fourth-order valence-electron chi connectivity index (χ4n) is 5.97. The van der Waals surface area contributed by atoms with Crippen LogP contribution in [0.4, 0.5) is 4.39 Å². The topological polar surface area (TPSA) is 40.5 Å². The second-order valence-electron chi connectivity index (χ2n) is 10.7. The average Bonchev–Trinajstić information content (AvgIpc) is 3.28. The molecule has 0 radical (unpaired) electrons. The fourth-order valence-corrected chi connectivity index (χ4v) is 5.97. The summed E-state index contributed by atoms with van der Waals surface area (Å²) >= 11 is 0. The van der Waals surface area contributed by atoms with E-state index in [1.54, 1.807) is 6.07 Å². The van der Waals surface area contributed by atoms with Gasteiger partial charge in [0.1, 0.15) is 18.2 Å². The Hall–Kier alpha value is -3.60. The fraction of sp³-hybridized carbons (Fsp3) is 0.364. The van der Waals surface area contributed by atoms with Crippen LogP contribution in [0.15, 0.2) is 66.7 Å². The molecule has 5 rings (SSSR count). The van der Waals surface area contributed by atoms with Crippen LogP contribution in [0.1, 0.15) is 73.8 Å². The third-order valence-electron chi connectivity index (χ3n) is 7.88. The Morgan fingerprint density at radius 2 is 1.74 bits per heavy atom. The predicted octanol–water partition coefficient (Wildman–Crippen LogP) is 8.23. The van der Waals surface area contributed by atoms with Gasteiger partial charge in [0.2, 0.25) is 0 Å². The molecule has 4 nitrogen and oxygen atoms in total. The van der Waals surface area contributed by atoms with Gasteiger partial charge in [-0.1, -0.05) is 44.2 Å². The van der Waals surface area contributed by atoms with Gasteiger partial charge in [-0.3, -0.25) is 4.79 Å². The number of benzene rings is 3. The van der Waals surface area contributed by atoms with E-state index >= 15 is 0 Å². The molecule has 1 aromatic heterocycles. The smallest absolute Gasteiger partial charge is 0.308 e. The van der Waals surface area contributed by atoms with Crippen molar-refractivity contribution in [1.29, 1.82) is 0 Å². The van der Waals surface area contributed by atoms with Crippen molar-refractivity contribution in [3.05, 3.63) is 94.9 Å². The van der Waals surface area contributed by atoms with Crippen molar-refractivity contribution in [2.45, 2.75) is 64.9 Å². The number of ether oxygens (including phenoxy) is 2. The molecule has 5 heteroatoms. The van der Waals surface area contributed by atoms with Gasteiger partial charge in [0.25, 0.3) is 0 Å². The number of halogens is 1. The Morgan fingerprint density at radius 1 is 1.00 bits per heavy atom. The van der Waals surface area contributed by atoms with Crippen LogP contribution < -0.4 is 4.74 Å². The highest BCUT2D eigenvalue weighted by Crippen LogP contribution is 2.45. The third-order valence-corrected chi connectivity index (χ3v) is 7.88. The lowest BCUT2D eigenvalue weighted by Gasteiger charge is -2.28. The van der Waals surface area contributed by atoms with Crippen molar-refractivity contribution in [2.24, 2.45) is 5.92 Å². The molecular formula is C33H36FNO3. The van der Waals surface area contributed by atoms with Crippen LogP contribution >= 0.6 is 0 Å². The zero-order valence-electron chi connectivity index (χ0n) is 22.7. The molecule has 0 unspecified atom stereocenters. The summed E-state index contributed by atoms with van der Waals surface area (Å²) in [5.74, 6) is 1.06. The zero-order chi connectivity index (χ0) is 26.8. The lowest BCUT2D eigenvalue weighted by atomic mass is 9.77. The number of methoxy groups -OCH3 is 1. The number of fused-ring (bicyclic) bond motifs is 1. The monoisotopic (exact) mass is 513 g/mol. The van der Waals surface area contributed by atoms with E-state index in [0.29, 0.717) is 18.1 Å². The van der Waals surface area contributed by atoms with Crippen molar-refractivity contribution < 1.29 is 18.7 Å². The quantitative estimate of drug-likeness (QED) is 0.234. The lowest BCUT2D eigenvalue weighted by Crippen LogP contribution is -2.22. The van der Waals surface area contributed by atoms with Gasteiger partial charge >= 0.3 is 5.97 Å². The van der Waals surface area contributed by atoms with Gasteiger partial charge in [0, 0.05) is 16.8 Å². The molecule has 0 amide bonds. The minimum absolute atomic E-state index is 0.0309. The Bertz CT molecular complexity index is 1430. The number of aryl methyl sites for hydroxylation is 1. The minimum Gasteiger partial charge on any atom is -0.489 e. The Balaban J connectivity index is 1.62. The summed E-state index contributed by atoms with van der Waals surface area (Å²) in [7, 11) is 1.47. The molecule has 38 heavy (non-hydrogen) atoms. The van der Waals surface area contributed by atoms with Gasteiger partial charge in [-0.05, 0) is 97.5 Å². The third kappa shape index (κ3) is 5.07. The molecule has 1 fully saturated rings. The second-order valence-corrected chi connectivity index (χ2v) is 10.7. The van der Waals surface area contributed by atoms with Gasteiger partial charge in [-0.15, -0.1) is 0 Å². The predicted molar refractivity (Wildman–Crippen MR) is 150 cm³/mol. The first-order valence-electron chi connectivity index (χ1n) is 13.6. The first kappa shape index (κ1) is 26.0. The summed E-state index contributed by atoms with van der Waals surface area (Å²) in [4.78, 5) is 12.2. The highest BCUT2D eigenvalue weighted by atomic mass is 19.1. The van der Waals surface area contributed by atoms with E-state index in [1.165, 1.54) is 23.8 Å². The molecule has 0 spiro atoms. The molecule has 1 heterocycles. The van der Waals surface area contributed by atoms with Crippen LogP contribution in [0, 0.1) is 18.7 Å². The molecule has 3 aromatic carbocycles. The minimum atomic E-state index is -0.200. The number of hydrogen-bond donors (Lipinski definition) is 0. The normalized spacial score (nSPS) is 17.6. The van der Waals surface area contributed by atoms with Gasteiger partial charge in [0.15, 0.2) is 0 Å². The molecule has 1 aliphatic rings. The van der Waals surface area contributed by atoms with E-state index in [4.69, 9.17) is 9.47 Å². The first-order chi connectivity index (χ1) is 18.4. The molecule has 1 aliphatic carbocycles. The van der Waals surface area contributed by atoms with Crippen LogP contribution in [0.3, 0.4) is 0 Å². The van der Waals surface area contributed by atoms with Crippen molar-refractivity contribution >= 4 is 16.9 Å². The van der Waals surface area contributed by atoms with Crippen molar-refractivity contribution in [3.8, 4) is 11.4 Å². The number of nitrogens with zero attached hydrogens (tertiary/aromatic N) is 1. The second kappa shape index (κ2) is 11.0. The maximum atomic E-state index is 14.2. The zero-order valence-corrected chi connectivity index (χ0v) is 22.7. The van der Waals surface area contributed by atoms with E-state index < -0.39 is 0 Å². The van der Waals surface area contributed by atoms with Crippen LogP contribution in [-0.2, 0) is 16.1 Å². The summed E-state index contributed by atoms with van der Waals surface area (Å²) < 4.78 is 27.8. The maximum Gasteiger partial charge on any atom is 0.308 e. The average molecular weight is 514 g/mol.